The minimum Gasteiger partial charge on any atom is -0.307 e. The fourth-order valence-corrected chi connectivity index (χ4v) is 2.28. The second kappa shape index (κ2) is 4.62. The fourth-order valence-electron chi connectivity index (χ4n) is 1.96. The molecule has 0 fully saturated rings. The molecule has 6 heteroatoms. The highest BCUT2D eigenvalue weighted by Gasteiger charge is 2.08. The first-order chi connectivity index (χ1) is 9.15. The first-order valence-electron chi connectivity index (χ1n) is 5.80. The Balaban J connectivity index is 2.06. The van der Waals surface area contributed by atoms with E-state index in [2.05, 4.69) is 25.9 Å². The van der Waals surface area contributed by atoms with Gasteiger partial charge >= 0.3 is 0 Å². The number of aryl methyl sites for hydroxylation is 1. The van der Waals surface area contributed by atoms with Gasteiger partial charge in [0, 0.05) is 18.6 Å². The van der Waals surface area contributed by atoms with Gasteiger partial charge in [-0.3, -0.25) is 9.36 Å². The van der Waals surface area contributed by atoms with Crippen molar-refractivity contribution in [1.29, 1.82) is 0 Å². The van der Waals surface area contributed by atoms with Gasteiger partial charge in [-0.15, -0.1) is 0 Å². The lowest BCUT2D eigenvalue weighted by atomic mass is 10.4. The van der Waals surface area contributed by atoms with E-state index in [1.807, 2.05) is 41.9 Å². The number of halogens is 1. The van der Waals surface area contributed by atoms with Gasteiger partial charge in [0.1, 0.15) is 15.9 Å². The van der Waals surface area contributed by atoms with E-state index in [0.717, 1.165) is 11.3 Å². The maximum absolute atomic E-state index is 12.1. The van der Waals surface area contributed by atoms with Crippen LogP contribution in [0.4, 0.5) is 0 Å². The molecule has 96 valence electrons. The van der Waals surface area contributed by atoms with Crippen LogP contribution in [0.3, 0.4) is 0 Å². The Morgan fingerprint density at radius 1 is 1.37 bits per heavy atom. The van der Waals surface area contributed by atoms with Crippen LogP contribution in [0.2, 0.25) is 0 Å². The zero-order valence-electron chi connectivity index (χ0n) is 10.2. The van der Waals surface area contributed by atoms with E-state index < -0.39 is 0 Å². The molecule has 0 aliphatic heterocycles. The summed E-state index contributed by atoms with van der Waals surface area (Å²) in [6.45, 7) is 2.22. The van der Waals surface area contributed by atoms with Crippen molar-refractivity contribution in [2.75, 3.05) is 0 Å². The van der Waals surface area contributed by atoms with Crippen LogP contribution in [0.1, 0.15) is 11.5 Å². The highest BCUT2D eigenvalue weighted by Crippen LogP contribution is 2.07. The molecule has 0 spiro atoms. The van der Waals surface area contributed by atoms with Crippen LogP contribution in [-0.2, 0) is 6.54 Å². The molecule has 0 saturated heterocycles. The zero-order chi connectivity index (χ0) is 13.4. The van der Waals surface area contributed by atoms with E-state index in [-0.39, 0.29) is 5.56 Å². The molecule has 0 aliphatic carbocycles. The standard InChI is InChI=1S/C13H11BrN4O/c1-9-15-6-11(14)13(19)18(9)8-10-7-17-5-3-2-4-12(17)16-10/h2-7H,8H2,1H3. The molecule has 0 aliphatic rings. The smallest absolute Gasteiger partial charge is 0.268 e. The molecular weight excluding hydrogens is 308 g/mol. The number of aromatic nitrogens is 4. The number of fused-ring (bicyclic) bond motifs is 1. The normalized spacial score (nSPS) is 11.1. The number of nitrogens with zero attached hydrogens (tertiary/aromatic N) is 4. The Morgan fingerprint density at radius 2 is 2.21 bits per heavy atom. The Bertz CT molecular complexity index is 773. The minimum atomic E-state index is -0.0930. The van der Waals surface area contributed by atoms with Gasteiger partial charge in [-0.1, -0.05) is 6.07 Å². The van der Waals surface area contributed by atoms with Gasteiger partial charge in [-0.2, -0.15) is 0 Å². The first-order valence-corrected chi connectivity index (χ1v) is 6.59. The Kier molecular flexibility index (Phi) is 2.94. The lowest BCUT2D eigenvalue weighted by Gasteiger charge is -2.06. The molecule has 0 saturated carbocycles. The average Bonchev–Trinajstić information content (AvgIpc) is 2.81. The van der Waals surface area contributed by atoms with Crippen molar-refractivity contribution < 1.29 is 0 Å². The summed E-state index contributed by atoms with van der Waals surface area (Å²) >= 11 is 3.21. The van der Waals surface area contributed by atoms with Crippen LogP contribution in [0.15, 0.2) is 46.1 Å². The number of pyridine rings is 1. The number of hydrogen-bond donors (Lipinski definition) is 0. The lowest BCUT2D eigenvalue weighted by molar-refractivity contribution is 0.685. The quantitative estimate of drug-likeness (QED) is 0.726. The molecule has 3 aromatic heterocycles. The van der Waals surface area contributed by atoms with Crippen molar-refractivity contribution in [2.45, 2.75) is 13.5 Å². The topological polar surface area (TPSA) is 52.2 Å². The third-order valence-electron chi connectivity index (χ3n) is 2.94. The van der Waals surface area contributed by atoms with Crippen molar-refractivity contribution in [2.24, 2.45) is 0 Å². The highest BCUT2D eigenvalue weighted by atomic mass is 79.9. The molecule has 5 nitrogen and oxygen atoms in total. The van der Waals surface area contributed by atoms with Crippen molar-refractivity contribution in [3.05, 3.63) is 63.1 Å². The number of rotatable bonds is 2. The Hall–Kier alpha value is -1.95. The third-order valence-corrected chi connectivity index (χ3v) is 3.48. The van der Waals surface area contributed by atoms with Crippen LogP contribution in [-0.4, -0.2) is 18.9 Å². The van der Waals surface area contributed by atoms with E-state index in [1.165, 1.54) is 6.20 Å². The predicted molar refractivity (Wildman–Crippen MR) is 75.2 cm³/mol. The molecule has 19 heavy (non-hydrogen) atoms. The number of hydrogen-bond acceptors (Lipinski definition) is 3. The zero-order valence-corrected chi connectivity index (χ0v) is 11.8. The molecule has 0 aromatic carbocycles. The monoisotopic (exact) mass is 318 g/mol. The summed E-state index contributed by atoms with van der Waals surface area (Å²) in [4.78, 5) is 20.7. The SMILES string of the molecule is Cc1ncc(Br)c(=O)n1Cc1cn2ccccc2n1. The largest absolute Gasteiger partial charge is 0.307 e. The maximum atomic E-state index is 12.1. The minimum absolute atomic E-state index is 0.0930. The average molecular weight is 319 g/mol. The molecule has 0 bridgehead atoms. The van der Waals surface area contributed by atoms with E-state index in [9.17, 15) is 4.79 Å². The van der Waals surface area contributed by atoms with E-state index >= 15 is 0 Å². The summed E-state index contributed by atoms with van der Waals surface area (Å²) in [6, 6.07) is 5.80. The summed E-state index contributed by atoms with van der Waals surface area (Å²) in [7, 11) is 0. The maximum Gasteiger partial charge on any atom is 0.268 e. The molecular formula is C13H11BrN4O. The van der Waals surface area contributed by atoms with Gasteiger partial charge in [0.2, 0.25) is 0 Å². The van der Waals surface area contributed by atoms with Gasteiger partial charge in [-0.05, 0) is 35.0 Å². The van der Waals surface area contributed by atoms with Crippen molar-refractivity contribution in [3.8, 4) is 0 Å². The summed E-state index contributed by atoms with van der Waals surface area (Å²) in [6.07, 6.45) is 5.38. The van der Waals surface area contributed by atoms with Crippen LogP contribution in [0.5, 0.6) is 0 Å². The molecule has 0 atom stereocenters. The van der Waals surface area contributed by atoms with Gasteiger partial charge in [0.05, 0.1) is 12.2 Å². The third kappa shape index (κ3) is 2.19. The van der Waals surface area contributed by atoms with Crippen LogP contribution in [0, 0.1) is 6.92 Å². The van der Waals surface area contributed by atoms with E-state index in [1.54, 1.807) is 4.57 Å². The molecule has 0 amide bonds. The summed E-state index contributed by atoms with van der Waals surface area (Å²) in [5.41, 5.74) is 1.60. The lowest BCUT2D eigenvalue weighted by Crippen LogP contribution is -2.24. The second-order valence-corrected chi connectivity index (χ2v) is 5.10. The highest BCUT2D eigenvalue weighted by molar-refractivity contribution is 9.10. The van der Waals surface area contributed by atoms with Gasteiger partial charge in [-0.25, -0.2) is 9.97 Å². The summed E-state index contributed by atoms with van der Waals surface area (Å²) in [5.74, 6) is 0.672. The Labute approximate surface area is 117 Å². The van der Waals surface area contributed by atoms with Crippen molar-refractivity contribution >= 4 is 21.6 Å². The Morgan fingerprint density at radius 3 is 3.00 bits per heavy atom. The van der Waals surface area contributed by atoms with Crippen molar-refractivity contribution in [3.63, 3.8) is 0 Å². The fraction of sp³-hybridized carbons (Fsp3) is 0.154. The van der Waals surface area contributed by atoms with Crippen molar-refractivity contribution in [1.82, 2.24) is 18.9 Å². The van der Waals surface area contributed by atoms with Crippen LogP contribution in [0.25, 0.3) is 5.65 Å². The van der Waals surface area contributed by atoms with Crippen LogP contribution >= 0.6 is 15.9 Å². The van der Waals surface area contributed by atoms with Gasteiger partial charge in [0.15, 0.2) is 0 Å². The summed E-state index contributed by atoms with van der Waals surface area (Å²) < 4.78 is 3.99. The number of imidazole rings is 1. The van der Waals surface area contributed by atoms with E-state index in [0.29, 0.717) is 16.8 Å². The predicted octanol–water partition coefficient (Wildman–Crippen LogP) is 2.01. The molecule has 0 unspecified atom stereocenters. The van der Waals surface area contributed by atoms with E-state index in [4.69, 9.17) is 0 Å². The molecule has 0 N–H and O–H groups in total. The molecule has 3 aromatic rings. The molecule has 0 radical (unpaired) electrons. The second-order valence-electron chi connectivity index (χ2n) is 4.24. The first kappa shape index (κ1) is 12.1. The van der Waals surface area contributed by atoms with Gasteiger partial charge in [0.25, 0.3) is 5.56 Å². The van der Waals surface area contributed by atoms with Gasteiger partial charge < -0.3 is 4.40 Å². The van der Waals surface area contributed by atoms with Crippen LogP contribution < -0.4 is 5.56 Å². The summed E-state index contributed by atoms with van der Waals surface area (Å²) in [5, 5.41) is 0. The molecule has 3 rings (SSSR count). The molecule has 3 heterocycles.